The van der Waals surface area contributed by atoms with Crippen molar-refractivity contribution in [1.29, 1.82) is 0 Å². The van der Waals surface area contributed by atoms with E-state index in [1.54, 1.807) is 0 Å². The van der Waals surface area contributed by atoms with Crippen LogP contribution in [-0.4, -0.2) is 11.1 Å². The number of unbranched alkanes of at least 4 members (excludes halogenated alkanes) is 6. The van der Waals surface area contributed by atoms with E-state index in [-0.39, 0.29) is 6.42 Å². The van der Waals surface area contributed by atoms with Gasteiger partial charge < -0.3 is 5.11 Å². The summed E-state index contributed by atoms with van der Waals surface area (Å²) in [5, 5.41) is 8.46. The maximum atomic E-state index is 10.3. The van der Waals surface area contributed by atoms with Crippen molar-refractivity contribution in [3.8, 4) is 0 Å². The van der Waals surface area contributed by atoms with Gasteiger partial charge in [0.1, 0.15) is 0 Å². The smallest absolute Gasteiger partial charge is 0.303 e. The summed E-state index contributed by atoms with van der Waals surface area (Å²) >= 11 is 0. The lowest BCUT2D eigenvalue weighted by molar-refractivity contribution is -0.136. The fourth-order valence-electron chi connectivity index (χ4n) is 1.86. The molecule has 0 aromatic heterocycles. The summed E-state index contributed by atoms with van der Waals surface area (Å²) in [5.41, 5.74) is 3.16. The first-order chi connectivity index (χ1) is 10.8. The predicted octanol–water partition coefficient (Wildman–Crippen LogP) is 5.98. The van der Waals surface area contributed by atoms with E-state index in [9.17, 15) is 4.79 Å². The molecule has 122 valence electrons. The van der Waals surface area contributed by atoms with Crippen molar-refractivity contribution in [2.45, 2.75) is 64.7 Å². The van der Waals surface area contributed by atoms with Crippen LogP contribution in [0.25, 0.3) is 0 Å². The average molecular weight is 302 g/mol. The second-order valence-corrected chi connectivity index (χ2v) is 5.22. The van der Waals surface area contributed by atoms with Crippen molar-refractivity contribution in [3.63, 3.8) is 0 Å². The van der Waals surface area contributed by atoms with Crippen LogP contribution in [0.4, 0.5) is 0 Å². The minimum Gasteiger partial charge on any atom is -0.481 e. The van der Waals surface area contributed by atoms with E-state index in [2.05, 4.69) is 18.7 Å². The van der Waals surface area contributed by atoms with Crippen LogP contribution >= 0.6 is 0 Å². The molecule has 0 amide bonds. The van der Waals surface area contributed by atoms with Crippen molar-refractivity contribution < 1.29 is 9.90 Å². The Bertz CT molecular complexity index is 407. The number of hydrogen-bond acceptors (Lipinski definition) is 1. The molecule has 0 unspecified atom stereocenters. The molecule has 0 radical (unpaired) electrons. The Morgan fingerprint density at radius 3 is 2.36 bits per heavy atom. The zero-order valence-electron chi connectivity index (χ0n) is 13.8. The maximum absolute atomic E-state index is 10.3. The zero-order valence-corrected chi connectivity index (χ0v) is 13.8. The molecule has 0 bridgehead atoms. The molecule has 0 rings (SSSR count). The molecule has 1 N–H and O–H groups in total. The summed E-state index contributed by atoms with van der Waals surface area (Å²) in [6.07, 6.45) is 25.3. The van der Waals surface area contributed by atoms with Gasteiger partial charge in [0.2, 0.25) is 0 Å². The molecular formula is C20H30O2. The minimum absolute atomic E-state index is 0.187. The van der Waals surface area contributed by atoms with Gasteiger partial charge in [-0.05, 0) is 31.4 Å². The number of hydrogen-bond donors (Lipinski definition) is 1. The van der Waals surface area contributed by atoms with Crippen molar-refractivity contribution in [3.05, 3.63) is 54.3 Å². The number of carboxylic acid groups (broad SMARTS) is 1. The van der Waals surface area contributed by atoms with Gasteiger partial charge in [0.25, 0.3) is 0 Å². The van der Waals surface area contributed by atoms with E-state index in [0.29, 0.717) is 6.42 Å². The summed E-state index contributed by atoms with van der Waals surface area (Å²) in [6.45, 7) is 2.24. The lowest BCUT2D eigenvalue weighted by atomic mass is 10.1. The van der Waals surface area contributed by atoms with Gasteiger partial charge >= 0.3 is 5.97 Å². The van der Waals surface area contributed by atoms with E-state index in [1.165, 1.54) is 38.5 Å². The van der Waals surface area contributed by atoms with Crippen molar-refractivity contribution in [1.82, 2.24) is 0 Å². The van der Waals surface area contributed by atoms with Crippen LogP contribution in [0.2, 0.25) is 0 Å². The molecule has 0 aliphatic carbocycles. The van der Waals surface area contributed by atoms with E-state index < -0.39 is 5.97 Å². The number of allylic oxidation sites excluding steroid dienone is 7. The summed E-state index contributed by atoms with van der Waals surface area (Å²) in [4.78, 5) is 10.3. The van der Waals surface area contributed by atoms with Crippen molar-refractivity contribution >= 4 is 5.97 Å². The summed E-state index contributed by atoms with van der Waals surface area (Å²) in [5.74, 6) is -0.758. The maximum Gasteiger partial charge on any atom is 0.303 e. The molecule has 0 spiro atoms. The van der Waals surface area contributed by atoms with E-state index in [0.717, 1.165) is 6.42 Å². The first-order valence-electron chi connectivity index (χ1n) is 8.38. The normalized spacial score (nSPS) is 11.3. The second-order valence-electron chi connectivity index (χ2n) is 5.22. The summed E-state index contributed by atoms with van der Waals surface area (Å²) in [7, 11) is 0. The monoisotopic (exact) mass is 302 g/mol. The van der Waals surface area contributed by atoms with E-state index >= 15 is 0 Å². The Hall–Kier alpha value is -1.79. The fourth-order valence-corrected chi connectivity index (χ4v) is 1.86. The van der Waals surface area contributed by atoms with Gasteiger partial charge in [-0.15, -0.1) is 5.73 Å². The molecule has 2 nitrogen and oxygen atoms in total. The van der Waals surface area contributed by atoms with Crippen LogP contribution in [0, 0.1) is 0 Å². The highest BCUT2D eigenvalue weighted by atomic mass is 16.4. The quantitative estimate of drug-likeness (QED) is 0.258. The molecule has 0 aliphatic rings. The van der Waals surface area contributed by atoms with Crippen LogP contribution < -0.4 is 0 Å². The van der Waals surface area contributed by atoms with Gasteiger partial charge in [-0.25, -0.2) is 0 Å². The Morgan fingerprint density at radius 1 is 0.909 bits per heavy atom. The molecule has 2 heteroatoms. The SMILES string of the molecule is CCCCCCCCC=C=C/C=C/C=C/C=C/CCC(=O)O. The molecule has 22 heavy (non-hydrogen) atoms. The molecule has 0 atom stereocenters. The van der Waals surface area contributed by atoms with Crippen LogP contribution in [0.5, 0.6) is 0 Å². The van der Waals surface area contributed by atoms with Gasteiger partial charge in [-0.2, -0.15) is 0 Å². The Kier molecular flexibility index (Phi) is 15.9. The van der Waals surface area contributed by atoms with Crippen LogP contribution in [0.1, 0.15) is 64.7 Å². The third-order valence-corrected chi connectivity index (χ3v) is 3.12. The molecule has 0 aliphatic heterocycles. The number of rotatable bonds is 13. The third-order valence-electron chi connectivity index (χ3n) is 3.12. The Morgan fingerprint density at radius 2 is 1.59 bits per heavy atom. The lowest BCUT2D eigenvalue weighted by Gasteiger charge is -1.96. The highest BCUT2D eigenvalue weighted by Gasteiger charge is 1.90. The Balaban J connectivity index is 3.57. The lowest BCUT2D eigenvalue weighted by Crippen LogP contribution is -1.91. The fraction of sp³-hybridized carbons (Fsp3) is 0.500. The number of aliphatic carboxylic acids is 1. The Labute approximate surface area is 135 Å². The molecule has 0 saturated carbocycles. The number of carboxylic acids is 1. The van der Waals surface area contributed by atoms with Gasteiger partial charge in [-0.3, -0.25) is 4.79 Å². The van der Waals surface area contributed by atoms with Gasteiger partial charge in [0.05, 0.1) is 0 Å². The largest absolute Gasteiger partial charge is 0.481 e. The molecule has 0 aromatic rings. The van der Waals surface area contributed by atoms with E-state index in [4.69, 9.17) is 5.11 Å². The number of carbonyl (C=O) groups is 1. The summed E-state index contributed by atoms with van der Waals surface area (Å²) < 4.78 is 0. The first-order valence-corrected chi connectivity index (χ1v) is 8.38. The van der Waals surface area contributed by atoms with Crippen molar-refractivity contribution in [2.75, 3.05) is 0 Å². The van der Waals surface area contributed by atoms with Gasteiger partial charge in [-0.1, -0.05) is 75.5 Å². The minimum atomic E-state index is -0.758. The standard InChI is InChI=1S/C20H30O2/c1-2-3-4-5-6-7-8-9-10-11-12-13-14-15-16-17-18-19-20(21)22/h9,11-17H,2-8,18-19H2,1H3,(H,21,22)/b13-12+,15-14+,17-16+. The molecule has 0 fully saturated rings. The van der Waals surface area contributed by atoms with E-state index in [1.807, 2.05) is 42.5 Å². The van der Waals surface area contributed by atoms with Gasteiger partial charge in [0.15, 0.2) is 0 Å². The molecular weight excluding hydrogens is 272 g/mol. The molecule has 0 aromatic carbocycles. The predicted molar refractivity (Wildman–Crippen MR) is 94.9 cm³/mol. The second kappa shape index (κ2) is 17.3. The third kappa shape index (κ3) is 18.2. The molecule has 0 heterocycles. The topological polar surface area (TPSA) is 37.3 Å². The zero-order chi connectivity index (χ0) is 16.3. The van der Waals surface area contributed by atoms with Crippen LogP contribution in [0.15, 0.2) is 54.3 Å². The highest BCUT2D eigenvalue weighted by molar-refractivity contribution is 5.66. The highest BCUT2D eigenvalue weighted by Crippen LogP contribution is 2.06. The van der Waals surface area contributed by atoms with Crippen molar-refractivity contribution in [2.24, 2.45) is 0 Å². The van der Waals surface area contributed by atoms with Gasteiger partial charge in [0, 0.05) is 6.42 Å². The summed E-state index contributed by atoms with van der Waals surface area (Å²) in [6, 6.07) is 0. The average Bonchev–Trinajstić information content (AvgIpc) is 2.50. The van der Waals surface area contributed by atoms with Crippen LogP contribution in [-0.2, 0) is 4.79 Å². The van der Waals surface area contributed by atoms with Crippen LogP contribution in [0.3, 0.4) is 0 Å². The molecule has 0 saturated heterocycles. The first kappa shape index (κ1) is 20.2.